The van der Waals surface area contributed by atoms with Gasteiger partial charge in [-0.25, -0.2) is 0 Å². The monoisotopic (exact) mass is 259 g/mol. The van der Waals surface area contributed by atoms with Crippen LogP contribution in [-0.2, 0) is 0 Å². The van der Waals surface area contributed by atoms with Gasteiger partial charge in [-0.1, -0.05) is 28.1 Å². The quantitative estimate of drug-likeness (QED) is 0.669. The third-order valence-corrected chi connectivity index (χ3v) is 2.47. The Balaban J connectivity index is 2.89. The number of nitrogens with zero attached hydrogens (tertiary/aromatic N) is 1. The molecule has 0 aromatic heterocycles. The van der Waals surface area contributed by atoms with Crippen LogP contribution in [0.2, 0.25) is 0 Å². The molecule has 0 heterocycles. The van der Waals surface area contributed by atoms with E-state index in [-0.39, 0.29) is 0 Å². The van der Waals surface area contributed by atoms with Crippen LogP contribution < -0.4 is 0 Å². The predicted octanol–water partition coefficient (Wildman–Crippen LogP) is 2.15. The summed E-state index contributed by atoms with van der Waals surface area (Å²) in [5.41, 5.74) is 0.545. The molecule has 1 N–H and O–H groups in total. The maximum absolute atomic E-state index is 10.4. The summed E-state index contributed by atoms with van der Waals surface area (Å²) in [4.78, 5) is 9.94. The molecule has 4 nitrogen and oxygen atoms in total. The highest BCUT2D eigenvalue weighted by atomic mass is 79.9. The van der Waals surface area contributed by atoms with Gasteiger partial charge in [-0.15, -0.1) is 0 Å². The van der Waals surface area contributed by atoms with Gasteiger partial charge in [-0.2, -0.15) is 0 Å². The fourth-order valence-corrected chi connectivity index (χ4v) is 1.50. The highest BCUT2D eigenvalue weighted by molar-refractivity contribution is 9.10. The molecule has 1 rings (SSSR count). The fraction of sp³-hybridized carbons (Fsp3) is 0.333. The Hall–Kier alpha value is -0.940. The number of rotatable bonds is 3. The summed E-state index contributed by atoms with van der Waals surface area (Å²) in [5.74, 6) is 0. The Labute approximate surface area is 89.8 Å². The van der Waals surface area contributed by atoms with Crippen molar-refractivity contribution in [2.75, 3.05) is 0 Å². The van der Waals surface area contributed by atoms with E-state index in [1.165, 1.54) is 6.92 Å². The second kappa shape index (κ2) is 4.52. The second-order valence-corrected chi connectivity index (χ2v) is 3.94. The van der Waals surface area contributed by atoms with E-state index in [2.05, 4.69) is 15.9 Å². The molecule has 76 valence electrons. The van der Waals surface area contributed by atoms with Crippen molar-refractivity contribution in [2.24, 2.45) is 0 Å². The molecular weight excluding hydrogens is 250 g/mol. The molecule has 0 aliphatic rings. The lowest BCUT2D eigenvalue weighted by atomic mass is 10.0. The number of nitro groups is 1. The largest absolute Gasteiger partial charge is 0.381 e. The first-order chi connectivity index (χ1) is 6.52. The van der Waals surface area contributed by atoms with Crippen LogP contribution in [-0.4, -0.2) is 16.1 Å². The molecule has 1 aromatic rings. The molecule has 14 heavy (non-hydrogen) atoms. The maximum atomic E-state index is 10.4. The second-order valence-electron chi connectivity index (χ2n) is 3.03. The highest BCUT2D eigenvalue weighted by Crippen LogP contribution is 2.21. The molecule has 0 aliphatic carbocycles. The van der Waals surface area contributed by atoms with Crippen LogP contribution in [0.5, 0.6) is 0 Å². The minimum absolute atomic E-state index is 0.494. The molecule has 1 aromatic carbocycles. The third-order valence-electron chi connectivity index (χ3n) is 1.98. The van der Waals surface area contributed by atoms with Gasteiger partial charge in [0.2, 0.25) is 6.04 Å². The molecule has 5 heteroatoms. The van der Waals surface area contributed by atoms with Crippen LogP contribution >= 0.6 is 15.9 Å². The van der Waals surface area contributed by atoms with Gasteiger partial charge in [0, 0.05) is 16.3 Å². The van der Waals surface area contributed by atoms with E-state index in [9.17, 15) is 15.2 Å². The zero-order chi connectivity index (χ0) is 10.7. The number of hydrogen-bond donors (Lipinski definition) is 1. The van der Waals surface area contributed by atoms with Crippen molar-refractivity contribution < 1.29 is 10.0 Å². The molecular formula is C9H10BrNO3. The molecule has 0 saturated heterocycles. The Bertz CT molecular complexity index is 343. The van der Waals surface area contributed by atoms with E-state index in [1.54, 1.807) is 24.3 Å². The van der Waals surface area contributed by atoms with E-state index in [0.29, 0.717) is 5.56 Å². The van der Waals surface area contributed by atoms with Gasteiger partial charge in [0.05, 0.1) is 0 Å². The summed E-state index contributed by atoms with van der Waals surface area (Å²) in [6, 6.07) is 5.87. The van der Waals surface area contributed by atoms with E-state index in [1.807, 2.05) is 0 Å². The lowest BCUT2D eigenvalue weighted by Gasteiger charge is -2.12. The minimum Gasteiger partial charge on any atom is -0.381 e. The Morgan fingerprint density at radius 1 is 1.57 bits per heavy atom. The van der Waals surface area contributed by atoms with Crippen LogP contribution in [0.25, 0.3) is 0 Å². The van der Waals surface area contributed by atoms with Crippen LogP contribution in [0.4, 0.5) is 0 Å². The van der Waals surface area contributed by atoms with Crippen molar-refractivity contribution in [1.29, 1.82) is 0 Å². The summed E-state index contributed by atoms with van der Waals surface area (Å²) < 4.78 is 0.796. The molecule has 2 atom stereocenters. The standard InChI is InChI=1S/C9H10BrNO3/c1-6(11(13)14)9(12)7-3-2-4-8(10)5-7/h2-6,9,12H,1H3/t6-,9-/m1/s1. The molecule has 0 fully saturated rings. The van der Waals surface area contributed by atoms with Gasteiger partial charge in [-0.3, -0.25) is 10.1 Å². The predicted molar refractivity (Wildman–Crippen MR) is 55.6 cm³/mol. The van der Waals surface area contributed by atoms with E-state index >= 15 is 0 Å². The molecule has 0 saturated carbocycles. The van der Waals surface area contributed by atoms with Crippen LogP contribution in [0, 0.1) is 10.1 Å². The van der Waals surface area contributed by atoms with E-state index < -0.39 is 17.1 Å². The number of aliphatic hydroxyl groups excluding tert-OH is 1. The first-order valence-corrected chi connectivity index (χ1v) is 4.88. The number of benzene rings is 1. The van der Waals surface area contributed by atoms with Crippen molar-refractivity contribution in [2.45, 2.75) is 19.1 Å². The molecule has 0 radical (unpaired) electrons. The summed E-state index contributed by atoms with van der Waals surface area (Å²) in [6.07, 6.45) is -1.07. The first-order valence-electron chi connectivity index (χ1n) is 4.09. The summed E-state index contributed by atoms with van der Waals surface area (Å²) in [6.45, 7) is 1.38. The van der Waals surface area contributed by atoms with Crippen molar-refractivity contribution >= 4 is 15.9 Å². The SMILES string of the molecule is C[C@H]([C@@H](O)c1cccc(Br)c1)[N+](=O)[O-]. The third kappa shape index (κ3) is 2.52. The lowest BCUT2D eigenvalue weighted by molar-refractivity contribution is -0.531. The number of hydrogen-bond acceptors (Lipinski definition) is 3. The van der Waals surface area contributed by atoms with Gasteiger partial charge >= 0.3 is 0 Å². The molecule has 0 bridgehead atoms. The van der Waals surface area contributed by atoms with E-state index in [4.69, 9.17) is 0 Å². The van der Waals surface area contributed by atoms with Crippen molar-refractivity contribution in [3.05, 3.63) is 44.4 Å². The van der Waals surface area contributed by atoms with Crippen LogP contribution in [0.1, 0.15) is 18.6 Å². The Morgan fingerprint density at radius 3 is 2.71 bits per heavy atom. The van der Waals surface area contributed by atoms with Gasteiger partial charge in [-0.05, 0) is 17.7 Å². The number of halogens is 1. The van der Waals surface area contributed by atoms with Crippen LogP contribution in [0.3, 0.4) is 0 Å². The average Bonchev–Trinajstić information content (AvgIpc) is 2.15. The maximum Gasteiger partial charge on any atom is 0.239 e. The zero-order valence-electron chi connectivity index (χ0n) is 7.55. The first kappa shape index (κ1) is 11.1. The Kier molecular flexibility index (Phi) is 3.60. The summed E-state index contributed by atoms with van der Waals surface area (Å²) in [5, 5.41) is 20.1. The normalized spacial score (nSPS) is 14.8. The zero-order valence-corrected chi connectivity index (χ0v) is 9.14. The molecule has 0 aliphatic heterocycles. The molecule has 0 unspecified atom stereocenters. The van der Waals surface area contributed by atoms with E-state index in [0.717, 1.165) is 4.47 Å². The van der Waals surface area contributed by atoms with Crippen molar-refractivity contribution in [3.8, 4) is 0 Å². The van der Waals surface area contributed by atoms with Crippen molar-refractivity contribution in [3.63, 3.8) is 0 Å². The smallest absolute Gasteiger partial charge is 0.239 e. The summed E-state index contributed by atoms with van der Waals surface area (Å²) >= 11 is 3.24. The fourth-order valence-electron chi connectivity index (χ4n) is 1.08. The van der Waals surface area contributed by atoms with Gasteiger partial charge in [0.15, 0.2) is 0 Å². The van der Waals surface area contributed by atoms with Crippen molar-refractivity contribution in [1.82, 2.24) is 0 Å². The summed E-state index contributed by atoms with van der Waals surface area (Å²) in [7, 11) is 0. The molecule has 0 spiro atoms. The average molecular weight is 260 g/mol. The molecule has 0 amide bonds. The topological polar surface area (TPSA) is 63.4 Å². The van der Waals surface area contributed by atoms with Gasteiger partial charge < -0.3 is 5.11 Å². The highest BCUT2D eigenvalue weighted by Gasteiger charge is 2.25. The lowest BCUT2D eigenvalue weighted by Crippen LogP contribution is -2.23. The number of aliphatic hydroxyl groups is 1. The minimum atomic E-state index is -1.07. The van der Waals surface area contributed by atoms with Gasteiger partial charge in [0.1, 0.15) is 6.10 Å². The van der Waals surface area contributed by atoms with Gasteiger partial charge in [0.25, 0.3) is 0 Å². The Morgan fingerprint density at radius 2 is 2.21 bits per heavy atom. The van der Waals surface area contributed by atoms with Crippen LogP contribution in [0.15, 0.2) is 28.7 Å².